The normalized spacial score (nSPS) is 12.5. The molecule has 30 heavy (non-hydrogen) atoms. The van der Waals surface area contributed by atoms with E-state index < -0.39 is 0 Å². The van der Waals surface area contributed by atoms with Crippen molar-refractivity contribution in [1.82, 2.24) is 5.32 Å². The minimum atomic E-state index is 0.0301. The fourth-order valence-corrected chi connectivity index (χ4v) is 3.67. The molecule has 3 N–H and O–H groups in total. The lowest BCUT2D eigenvalue weighted by Crippen LogP contribution is -2.15. The van der Waals surface area contributed by atoms with Gasteiger partial charge in [-0.05, 0) is 58.6 Å². The molecular weight excluding hydrogens is 364 g/mol. The Balaban J connectivity index is 1.65. The molecule has 148 valence electrons. The molecule has 0 saturated heterocycles. The Labute approximate surface area is 178 Å². The predicted octanol–water partition coefficient (Wildman–Crippen LogP) is 6.28. The van der Waals surface area contributed by atoms with Crippen LogP contribution in [0.5, 0.6) is 0 Å². The molecule has 0 bridgehead atoms. The van der Waals surface area contributed by atoms with Crippen LogP contribution in [0.1, 0.15) is 17.2 Å². The number of rotatable bonds is 6. The topological polar surface area (TPSA) is 38.0 Å². The maximum absolute atomic E-state index is 6.36. The highest BCUT2D eigenvalue weighted by molar-refractivity contribution is 5.73. The average Bonchev–Trinajstić information content (AvgIpc) is 2.83. The molecule has 1 unspecified atom stereocenters. The van der Waals surface area contributed by atoms with Gasteiger partial charge in [0, 0.05) is 5.70 Å². The molecule has 2 nitrogen and oxygen atoms in total. The van der Waals surface area contributed by atoms with Gasteiger partial charge in [-0.2, -0.15) is 0 Å². The Morgan fingerprint density at radius 3 is 1.87 bits per heavy atom. The number of nitrogens with one attached hydrogen (secondary N) is 1. The fourth-order valence-electron chi connectivity index (χ4n) is 3.67. The van der Waals surface area contributed by atoms with Gasteiger partial charge in [0.2, 0.25) is 0 Å². The molecule has 0 spiro atoms. The molecule has 0 amide bonds. The summed E-state index contributed by atoms with van der Waals surface area (Å²) in [6.45, 7) is 0. The molecule has 0 aliphatic heterocycles. The van der Waals surface area contributed by atoms with Gasteiger partial charge in [0.1, 0.15) is 0 Å². The molecule has 0 saturated carbocycles. The monoisotopic (exact) mass is 390 g/mol. The van der Waals surface area contributed by atoms with Gasteiger partial charge in [-0.3, -0.25) is 0 Å². The van der Waals surface area contributed by atoms with Crippen LogP contribution in [0.4, 0.5) is 0 Å². The molecule has 0 fully saturated rings. The van der Waals surface area contributed by atoms with Crippen molar-refractivity contribution < 1.29 is 0 Å². The van der Waals surface area contributed by atoms with E-state index in [0.717, 1.165) is 11.3 Å². The lowest BCUT2D eigenvalue weighted by molar-refractivity contribution is 0.715. The number of hydrogen-bond acceptors (Lipinski definition) is 2. The molecular formula is C28H26N2. The second-order valence-corrected chi connectivity index (χ2v) is 7.33. The summed E-state index contributed by atoms with van der Waals surface area (Å²) in [6, 6.07) is 37.9. The lowest BCUT2D eigenvalue weighted by atomic mass is 9.96. The number of nitrogens with two attached hydrogens (primary N) is 1. The van der Waals surface area contributed by atoms with E-state index in [4.69, 9.17) is 5.73 Å². The van der Waals surface area contributed by atoms with E-state index >= 15 is 0 Å². The Bertz CT molecular complexity index is 1130. The second kappa shape index (κ2) is 9.25. The maximum Gasteiger partial charge on any atom is 0.0527 e. The minimum absolute atomic E-state index is 0.0301. The van der Waals surface area contributed by atoms with Gasteiger partial charge < -0.3 is 11.1 Å². The van der Waals surface area contributed by atoms with E-state index in [9.17, 15) is 0 Å². The Hall–Kier alpha value is -3.62. The van der Waals surface area contributed by atoms with Crippen LogP contribution in [-0.2, 0) is 0 Å². The summed E-state index contributed by atoms with van der Waals surface area (Å²) in [5.74, 6) is 0. The molecule has 0 heterocycles. The van der Waals surface area contributed by atoms with Crippen molar-refractivity contribution in [3.63, 3.8) is 0 Å². The van der Waals surface area contributed by atoms with Crippen LogP contribution in [0.2, 0.25) is 0 Å². The van der Waals surface area contributed by atoms with Gasteiger partial charge in [0.25, 0.3) is 0 Å². The molecule has 0 aromatic heterocycles. The zero-order valence-electron chi connectivity index (χ0n) is 17.1. The zero-order valence-corrected chi connectivity index (χ0v) is 17.1. The van der Waals surface area contributed by atoms with Crippen molar-refractivity contribution >= 4 is 5.70 Å². The summed E-state index contributed by atoms with van der Waals surface area (Å²) < 4.78 is 0. The third kappa shape index (κ3) is 4.51. The van der Waals surface area contributed by atoms with Crippen molar-refractivity contribution in [3.05, 3.63) is 126 Å². The van der Waals surface area contributed by atoms with Crippen molar-refractivity contribution in [3.8, 4) is 22.3 Å². The van der Waals surface area contributed by atoms with Crippen LogP contribution in [0.15, 0.2) is 115 Å². The first-order valence-electron chi connectivity index (χ1n) is 10.2. The van der Waals surface area contributed by atoms with Crippen molar-refractivity contribution in [2.24, 2.45) is 5.73 Å². The number of likely N-dealkylation sites (N-methyl/N-ethyl adjacent to an activating group) is 1. The van der Waals surface area contributed by atoms with Crippen LogP contribution >= 0.6 is 0 Å². The van der Waals surface area contributed by atoms with Crippen LogP contribution in [0.3, 0.4) is 0 Å². The van der Waals surface area contributed by atoms with Gasteiger partial charge in [-0.25, -0.2) is 0 Å². The van der Waals surface area contributed by atoms with Gasteiger partial charge in [-0.15, -0.1) is 0 Å². The molecule has 4 aromatic rings. The summed E-state index contributed by atoms with van der Waals surface area (Å²) in [5, 5.41) is 3.38. The average molecular weight is 391 g/mol. The molecule has 1 atom stereocenters. The molecule has 2 heteroatoms. The first kappa shape index (κ1) is 19.7. The fraction of sp³-hybridized carbons (Fsp3) is 0.0714. The maximum atomic E-state index is 6.36. The van der Waals surface area contributed by atoms with Gasteiger partial charge in [0.05, 0.1) is 6.04 Å². The summed E-state index contributed by atoms with van der Waals surface area (Å²) in [5.41, 5.74) is 14.2. The largest absolute Gasteiger partial charge is 0.398 e. The first-order valence-corrected chi connectivity index (χ1v) is 10.2. The quantitative estimate of drug-likeness (QED) is 0.406. The zero-order chi connectivity index (χ0) is 20.8. The van der Waals surface area contributed by atoms with E-state index in [2.05, 4.69) is 84.2 Å². The molecule has 0 radical (unpaired) electrons. The predicted molar refractivity (Wildman–Crippen MR) is 128 cm³/mol. The molecule has 0 aliphatic carbocycles. The van der Waals surface area contributed by atoms with E-state index in [1.54, 1.807) is 0 Å². The highest BCUT2D eigenvalue weighted by atomic mass is 14.9. The van der Waals surface area contributed by atoms with Crippen LogP contribution < -0.4 is 11.1 Å². The van der Waals surface area contributed by atoms with Crippen molar-refractivity contribution in [2.75, 3.05) is 7.05 Å². The SMILES string of the molecule is CNC(/C=C(\N)c1ccccc1)c1cccc(-c2cccc(-c3ccccc3)c2)c1. The first-order chi connectivity index (χ1) is 14.7. The summed E-state index contributed by atoms with van der Waals surface area (Å²) in [4.78, 5) is 0. The third-order valence-corrected chi connectivity index (χ3v) is 5.31. The highest BCUT2D eigenvalue weighted by Crippen LogP contribution is 2.28. The van der Waals surface area contributed by atoms with Crippen molar-refractivity contribution in [2.45, 2.75) is 6.04 Å². The smallest absolute Gasteiger partial charge is 0.0527 e. The second-order valence-electron chi connectivity index (χ2n) is 7.33. The van der Waals surface area contributed by atoms with E-state index in [0.29, 0.717) is 0 Å². The van der Waals surface area contributed by atoms with Gasteiger partial charge in [-0.1, -0.05) is 97.1 Å². The summed E-state index contributed by atoms with van der Waals surface area (Å²) in [6.07, 6.45) is 2.08. The van der Waals surface area contributed by atoms with E-state index in [-0.39, 0.29) is 6.04 Å². The molecule has 4 rings (SSSR count). The minimum Gasteiger partial charge on any atom is -0.398 e. The summed E-state index contributed by atoms with van der Waals surface area (Å²) >= 11 is 0. The lowest BCUT2D eigenvalue weighted by Gasteiger charge is -2.16. The highest BCUT2D eigenvalue weighted by Gasteiger charge is 2.10. The Morgan fingerprint density at radius 1 is 0.667 bits per heavy atom. The van der Waals surface area contributed by atoms with Crippen LogP contribution in [-0.4, -0.2) is 7.05 Å². The Kier molecular flexibility index (Phi) is 6.07. The standard InChI is InChI=1S/C28H26N2/c1-30-28(20-27(29)22-12-6-3-7-13-22)26-17-9-16-25(19-26)24-15-8-14-23(18-24)21-10-4-2-5-11-21/h2-20,28,30H,29H2,1H3/b27-20-. The van der Waals surface area contributed by atoms with Crippen LogP contribution in [0.25, 0.3) is 28.0 Å². The van der Waals surface area contributed by atoms with Crippen molar-refractivity contribution in [1.29, 1.82) is 0 Å². The van der Waals surface area contributed by atoms with Crippen LogP contribution in [0, 0.1) is 0 Å². The van der Waals surface area contributed by atoms with E-state index in [1.807, 2.05) is 43.4 Å². The van der Waals surface area contributed by atoms with E-state index in [1.165, 1.54) is 27.8 Å². The Morgan fingerprint density at radius 2 is 1.20 bits per heavy atom. The number of benzene rings is 4. The third-order valence-electron chi connectivity index (χ3n) is 5.31. The van der Waals surface area contributed by atoms with Gasteiger partial charge >= 0.3 is 0 Å². The van der Waals surface area contributed by atoms with Gasteiger partial charge in [0.15, 0.2) is 0 Å². The molecule has 0 aliphatic rings. The summed E-state index contributed by atoms with van der Waals surface area (Å²) in [7, 11) is 1.96. The number of hydrogen-bond donors (Lipinski definition) is 2. The molecule has 4 aromatic carbocycles.